The van der Waals surface area contributed by atoms with Gasteiger partial charge in [-0.3, -0.25) is 9.59 Å². The van der Waals surface area contributed by atoms with Crippen LogP contribution in [0, 0.1) is 0 Å². The van der Waals surface area contributed by atoms with Gasteiger partial charge in [-0.2, -0.15) is 0 Å². The van der Waals surface area contributed by atoms with E-state index in [1.165, 1.54) is 231 Å². The van der Waals surface area contributed by atoms with Gasteiger partial charge >= 0.3 is 5.97 Å². The maximum atomic E-state index is 12.4. The molecule has 0 heterocycles. The van der Waals surface area contributed by atoms with Gasteiger partial charge in [0.15, 0.2) is 0 Å². The van der Waals surface area contributed by atoms with E-state index < -0.39 is 12.1 Å². The molecule has 0 spiro atoms. The van der Waals surface area contributed by atoms with Crippen molar-refractivity contribution in [2.45, 2.75) is 315 Å². The van der Waals surface area contributed by atoms with Crippen molar-refractivity contribution >= 4 is 11.9 Å². The molecular formula is C57H109NO5. The Kier molecular flexibility index (Phi) is 51.6. The molecule has 0 aromatic heterocycles. The summed E-state index contributed by atoms with van der Waals surface area (Å²) in [6.45, 7) is 4.87. The van der Waals surface area contributed by atoms with Gasteiger partial charge in [0, 0.05) is 12.8 Å². The molecule has 0 aliphatic heterocycles. The number of rotatable bonds is 52. The second-order valence-corrected chi connectivity index (χ2v) is 19.3. The summed E-state index contributed by atoms with van der Waals surface area (Å²) in [5, 5.41) is 22.9. The normalized spacial score (nSPS) is 12.8. The van der Waals surface area contributed by atoms with E-state index >= 15 is 0 Å². The molecule has 0 aromatic rings. The molecule has 2 unspecified atom stereocenters. The standard InChI is InChI=1S/C57H109NO5/c1-3-5-7-9-11-13-14-15-16-17-18-22-25-28-31-35-39-43-47-51-57(62)63-52-48-44-40-36-32-29-26-23-20-19-21-24-27-30-34-38-42-46-50-56(61)58-54(53-59)55(60)49-45-41-37-33-12-10-8-6-4-2/h15-16,45,49,54-55,59-60H,3-14,17-44,46-48,50-53H2,1-2H3,(H,58,61)/b16-15-,49-45+. The molecule has 372 valence electrons. The van der Waals surface area contributed by atoms with E-state index in [1.807, 2.05) is 6.08 Å². The number of aliphatic hydroxyl groups is 2. The number of aliphatic hydroxyl groups excluding tert-OH is 2. The van der Waals surface area contributed by atoms with Gasteiger partial charge in [-0.05, 0) is 57.8 Å². The number of allylic oxidation sites excluding steroid dienone is 3. The van der Waals surface area contributed by atoms with Gasteiger partial charge in [-0.25, -0.2) is 0 Å². The minimum absolute atomic E-state index is 0.00579. The topological polar surface area (TPSA) is 95.9 Å². The van der Waals surface area contributed by atoms with E-state index in [2.05, 4.69) is 31.3 Å². The number of esters is 1. The number of carbonyl (C=O) groups excluding carboxylic acids is 2. The Bertz CT molecular complexity index is 982. The van der Waals surface area contributed by atoms with Gasteiger partial charge in [-0.1, -0.05) is 256 Å². The Balaban J connectivity index is 3.37. The lowest BCUT2D eigenvalue weighted by molar-refractivity contribution is -0.143. The molecule has 2 atom stereocenters. The van der Waals surface area contributed by atoms with Crippen LogP contribution in [0.1, 0.15) is 303 Å². The summed E-state index contributed by atoms with van der Waals surface area (Å²) in [5.74, 6) is -0.0686. The van der Waals surface area contributed by atoms with Gasteiger partial charge in [0.1, 0.15) is 0 Å². The zero-order valence-corrected chi connectivity index (χ0v) is 42.3. The average molecular weight is 889 g/mol. The summed E-state index contributed by atoms with van der Waals surface area (Å²) in [6, 6.07) is -0.628. The Morgan fingerprint density at radius 3 is 1.13 bits per heavy atom. The molecule has 0 aliphatic rings. The fourth-order valence-corrected chi connectivity index (χ4v) is 8.63. The highest BCUT2D eigenvalue weighted by atomic mass is 16.5. The molecule has 0 saturated carbocycles. The van der Waals surface area contributed by atoms with E-state index in [-0.39, 0.29) is 18.5 Å². The van der Waals surface area contributed by atoms with Crippen molar-refractivity contribution in [1.29, 1.82) is 0 Å². The van der Waals surface area contributed by atoms with E-state index in [9.17, 15) is 19.8 Å². The third kappa shape index (κ3) is 49.6. The average Bonchev–Trinajstić information content (AvgIpc) is 3.28. The SMILES string of the molecule is CCCCCCCC/C=C\CCCCCCCCCCCC(=O)OCCCCCCCCCCCCCCCCCCCCC(=O)NC(CO)C(O)/C=C/CCCCCCCCC. The predicted molar refractivity (Wildman–Crippen MR) is 273 cm³/mol. The van der Waals surface area contributed by atoms with Gasteiger partial charge in [-0.15, -0.1) is 0 Å². The lowest BCUT2D eigenvalue weighted by atomic mass is 10.0. The van der Waals surface area contributed by atoms with Gasteiger partial charge in [0.05, 0.1) is 25.4 Å². The van der Waals surface area contributed by atoms with Crippen molar-refractivity contribution in [1.82, 2.24) is 5.32 Å². The summed E-state index contributed by atoms with van der Waals surface area (Å²) in [6.07, 6.45) is 63.5. The van der Waals surface area contributed by atoms with Crippen LogP contribution >= 0.6 is 0 Å². The van der Waals surface area contributed by atoms with Gasteiger partial charge in [0.2, 0.25) is 5.91 Å². The van der Waals surface area contributed by atoms with Crippen molar-refractivity contribution in [3.63, 3.8) is 0 Å². The van der Waals surface area contributed by atoms with Gasteiger partial charge < -0.3 is 20.3 Å². The number of hydrogen-bond acceptors (Lipinski definition) is 5. The Hall–Kier alpha value is -1.66. The lowest BCUT2D eigenvalue weighted by Crippen LogP contribution is -2.45. The molecule has 0 radical (unpaired) electrons. The number of unbranched alkanes of at least 4 members (excludes halogenated alkanes) is 39. The Morgan fingerprint density at radius 1 is 0.429 bits per heavy atom. The van der Waals surface area contributed by atoms with Crippen LogP contribution < -0.4 is 5.32 Å². The molecular weight excluding hydrogens is 779 g/mol. The van der Waals surface area contributed by atoms with Crippen molar-refractivity contribution in [2.75, 3.05) is 13.2 Å². The highest BCUT2D eigenvalue weighted by Crippen LogP contribution is 2.17. The molecule has 0 saturated heterocycles. The number of carbonyl (C=O) groups is 2. The summed E-state index contributed by atoms with van der Waals surface area (Å²) in [4.78, 5) is 24.5. The highest BCUT2D eigenvalue weighted by Gasteiger charge is 2.18. The number of hydrogen-bond donors (Lipinski definition) is 3. The summed E-state index contributed by atoms with van der Waals surface area (Å²) in [7, 11) is 0. The first-order valence-corrected chi connectivity index (χ1v) is 28.1. The maximum absolute atomic E-state index is 12.4. The fourth-order valence-electron chi connectivity index (χ4n) is 8.63. The maximum Gasteiger partial charge on any atom is 0.305 e. The second kappa shape index (κ2) is 53.0. The molecule has 0 fully saturated rings. The first kappa shape index (κ1) is 61.3. The van der Waals surface area contributed by atoms with Gasteiger partial charge in [0.25, 0.3) is 0 Å². The van der Waals surface area contributed by atoms with Crippen molar-refractivity contribution in [2.24, 2.45) is 0 Å². The van der Waals surface area contributed by atoms with Crippen molar-refractivity contribution in [3.8, 4) is 0 Å². The molecule has 6 heteroatoms. The van der Waals surface area contributed by atoms with Crippen molar-refractivity contribution < 1.29 is 24.5 Å². The molecule has 1 amide bonds. The van der Waals surface area contributed by atoms with Crippen LogP contribution in [0.5, 0.6) is 0 Å². The smallest absolute Gasteiger partial charge is 0.305 e. The molecule has 0 bridgehead atoms. The minimum Gasteiger partial charge on any atom is -0.466 e. The van der Waals surface area contributed by atoms with Crippen LogP contribution in [-0.2, 0) is 14.3 Å². The number of amides is 1. The van der Waals surface area contributed by atoms with Crippen LogP contribution in [0.3, 0.4) is 0 Å². The number of ether oxygens (including phenoxy) is 1. The fraction of sp³-hybridized carbons (Fsp3) is 0.895. The first-order chi connectivity index (χ1) is 31.0. The molecule has 6 nitrogen and oxygen atoms in total. The predicted octanol–water partition coefficient (Wildman–Crippen LogP) is 17.1. The van der Waals surface area contributed by atoms with Crippen LogP contribution in [0.2, 0.25) is 0 Å². The monoisotopic (exact) mass is 888 g/mol. The van der Waals surface area contributed by atoms with E-state index in [1.54, 1.807) is 6.08 Å². The summed E-state index contributed by atoms with van der Waals surface area (Å²) < 4.78 is 5.49. The third-order valence-electron chi connectivity index (χ3n) is 13.0. The van der Waals surface area contributed by atoms with E-state index in [0.29, 0.717) is 19.4 Å². The molecule has 3 N–H and O–H groups in total. The quantitative estimate of drug-likeness (QED) is 0.0321. The van der Waals surface area contributed by atoms with E-state index in [4.69, 9.17) is 4.74 Å². The van der Waals surface area contributed by atoms with Crippen LogP contribution in [0.15, 0.2) is 24.3 Å². The molecule has 0 rings (SSSR count). The van der Waals surface area contributed by atoms with Crippen molar-refractivity contribution in [3.05, 3.63) is 24.3 Å². The zero-order valence-electron chi connectivity index (χ0n) is 42.3. The summed E-state index contributed by atoms with van der Waals surface area (Å²) in [5.41, 5.74) is 0. The minimum atomic E-state index is -0.844. The summed E-state index contributed by atoms with van der Waals surface area (Å²) >= 11 is 0. The first-order valence-electron chi connectivity index (χ1n) is 28.1. The van der Waals surface area contributed by atoms with Crippen LogP contribution in [0.4, 0.5) is 0 Å². The Labute approximate surface area is 392 Å². The molecule has 0 aromatic carbocycles. The second-order valence-electron chi connectivity index (χ2n) is 19.3. The molecule has 63 heavy (non-hydrogen) atoms. The lowest BCUT2D eigenvalue weighted by Gasteiger charge is -2.20. The zero-order chi connectivity index (χ0) is 45.8. The van der Waals surface area contributed by atoms with Crippen LogP contribution in [-0.4, -0.2) is 47.4 Å². The number of nitrogens with one attached hydrogen (secondary N) is 1. The van der Waals surface area contributed by atoms with Crippen LogP contribution in [0.25, 0.3) is 0 Å². The van der Waals surface area contributed by atoms with E-state index in [0.717, 1.165) is 44.9 Å². The Morgan fingerprint density at radius 2 is 0.746 bits per heavy atom. The highest BCUT2D eigenvalue weighted by molar-refractivity contribution is 5.76. The molecule has 0 aliphatic carbocycles. The largest absolute Gasteiger partial charge is 0.466 e. The third-order valence-corrected chi connectivity index (χ3v) is 13.0.